The highest BCUT2D eigenvalue weighted by Crippen LogP contribution is 2.31. The lowest BCUT2D eigenvalue weighted by Crippen LogP contribution is -2.19. The fraction of sp³-hybridized carbons (Fsp3) is 0.381. The third-order valence-corrected chi connectivity index (χ3v) is 7.28. The Kier molecular flexibility index (Phi) is 8.45. The van der Waals surface area contributed by atoms with E-state index in [1.165, 1.54) is 16.6 Å². The van der Waals surface area contributed by atoms with E-state index >= 15 is 0 Å². The standard InChI is InChI=1S/C21H31N9O2S2/c1-6-14(2)25-16-12-17(27-21(26-16)33-13-15-10-8-7-9-11-15)29-34(31,32)18-19(22-3)28-30(24-5)20(18)23-4/h7-12,14,23-24H,6,13H2,1-5H3,(H,22,28)(H2,25,26,27,29)/t14-/m1/s1. The van der Waals surface area contributed by atoms with Crippen LogP contribution in [0, 0.1) is 0 Å². The van der Waals surface area contributed by atoms with Crippen molar-refractivity contribution in [2.45, 2.75) is 42.1 Å². The normalized spacial score (nSPS) is 12.1. The molecule has 2 aromatic heterocycles. The average Bonchev–Trinajstić information content (AvgIpc) is 3.22. The van der Waals surface area contributed by atoms with Gasteiger partial charge in [-0.1, -0.05) is 49.0 Å². The molecule has 3 aromatic rings. The van der Waals surface area contributed by atoms with Gasteiger partial charge in [-0.25, -0.2) is 18.4 Å². The van der Waals surface area contributed by atoms with Crippen LogP contribution in [0.15, 0.2) is 46.5 Å². The van der Waals surface area contributed by atoms with Crippen molar-refractivity contribution in [2.75, 3.05) is 47.2 Å². The molecule has 0 aliphatic rings. The highest BCUT2D eigenvalue weighted by Gasteiger charge is 2.29. The van der Waals surface area contributed by atoms with Crippen LogP contribution < -0.4 is 26.1 Å². The van der Waals surface area contributed by atoms with Gasteiger partial charge < -0.3 is 21.4 Å². The van der Waals surface area contributed by atoms with Crippen molar-refractivity contribution in [3.05, 3.63) is 42.0 Å². The number of rotatable bonds is 12. The monoisotopic (exact) mass is 505 g/mol. The summed E-state index contributed by atoms with van der Waals surface area (Å²) in [5.41, 5.74) is 3.95. The number of hydrogen-bond acceptors (Lipinski definition) is 10. The van der Waals surface area contributed by atoms with Gasteiger partial charge in [0.15, 0.2) is 21.7 Å². The fourth-order valence-electron chi connectivity index (χ4n) is 3.08. The molecule has 34 heavy (non-hydrogen) atoms. The first kappa shape index (κ1) is 25.4. The highest BCUT2D eigenvalue weighted by molar-refractivity contribution is 7.98. The minimum atomic E-state index is -4.05. The first-order valence-corrected chi connectivity index (χ1v) is 13.3. The van der Waals surface area contributed by atoms with E-state index in [0.717, 1.165) is 12.0 Å². The van der Waals surface area contributed by atoms with Crippen LogP contribution >= 0.6 is 11.8 Å². The zero-order chi connectivity index (χ0) is 24.7. The number of benzene rings is 1. The number of sulfonamides is 1. The summed E-state index contributed by atoms with van der Waals surface area (Å²) >= 11 is 1.43. The molecular weight excluding hydrogens is 474 g/mol. The molecule has 0 radical (unpaired) electrons. The van der Waals surface area contributed by atoms with Crippen LogP contribution in [0.25, 0.3) is 0 Å². The summed E-state index contributed by atoms with van der Waals surface area (Å²) in [7, 11) is 0.830. The Labute approximate surface area is 204 Å². The van der Waals surface area contributed by atoms with E-state index in [9.17, 15) is 8.42 Å². The van der Waals surface area contributed by atoms with Crippen molar-refractivity contribution >= 4 is 45.1 Å². The van der Waals surface area contributed by atoms with Crippen molar-refractivity contribution < 1.29 is 8.42 Å². The third kappa shape index (κ3) is 6.03. The molecule has 0 aliphatic heterocycles. The third-order valence-electron chi connectivity index (χ3n) is 4.96. The maximum absolute atomic E-state index is 13.4. The smallest absolute Gasteiger partial charge is 0.270 e. The molecule has 0 spiro atoms. The number of nitrogens with one attached hydrogen (secondary N) is 5. The van der Waals surface area contributed by atoms with Gasteiger partial charge in [-0.3, -0.25) is 4.72 Å². The molecule has 0 fully saturated rings. The Balaban J connectivity index is 1.96. The number of hydrogen-bond donors (Lipinski definition) is 5. The summed E-state index contributed by atoms with van der Waals surface area (Å²) in [6.45, 7) is 4.10. The predicted molar refractivity (Wildman–Crippen MR) is 139 cm³/mol. The summed E-state index contributed by atoms with van der Waals surface area (Å²) in [6, 6.07) is 11.7. The second kappa shape index (κ2) is 11.3. The van der Waals surface area contributed by atoms with Crippen molar-refractivity contribution in [2.24, 2.45) is 0 Å². The summed E-state index contributed by atoms with van der Waals surface area (Å²) in [5, 5.41) is 13.7. The van der Waals surface area contributed by atoms with Crippen molar-refractivity contribution in [1.82, 2.24) is 19.9 Å². The summed E-state index contributed by atoms with van der Waals surface area (Å²) in [4.78, 5) is 10.4. The maximum Gasteiger partial charge on any atom is 0.270 e. The Morgan fingerprint density at radius 3 is 2.38 bits per heavy atom. The van der Waals surface area contributed by atoms with E-state index in [0.29, 0.717) is 16.7 Å². The zero-order valence-corrected chi connectivity index (χ0v) is 21.5. The zero-order valence-electron chi connectivity index (χ0n) is 19.9. The Morgan fingerprint density at radius 1 is 1.06 bits per heavy atom. The Morgan fingerprint density at radius 2 is 1.76 bits per heavy atom. The van der Waals surface area contributed by atoms with E-state index in [1.807, 2.05) is 37.3 Å². The molecule has 0 bridgehead atoms. The van der Waals surface area contributed by atoms with Gasteiger partial charge in [0.05, 0.1) is 0 Å². The summed E-state index contributed by atoms with van der Waals surface area (Å²) < 4.78 is 29.4. The molecule has 0 aliphatic carbocycles. The molecule has 184 valence electrons. The molecule has 5 N–H and O–H groups in total. The maximum atomic E-state index is 13.4. The molecular formula is C21H31N9O2S2. The lowest BCUT2D eigenvalue weighted by atomic mass is 10.2. The molecule has 13 heteroatoms. The lowest BCUT2D eigenvalue weighted by Gasteiger charge is -2.15. The molecule has 1 aromatic carbocycles. The minimum Gasteiger partial charge on any atom is -0.370 e. The quantitative estimate of drug-likeness (QED) is 0.184. The van der Waals surface area contributed by atoms with Gasteiger partial charge >= 0.3 is 0 Å². The van der Waals surface area contributed by atoms with E-state index in [2.05, 4.69) is 48.1 Å². The SMILES string of the molecule is CC[C@@H](C)Nc1cc(NS(=O)(=O)c2c(NC)nn(NC)c2NC)nc(SCc2ccccc2)n1. The first-order chi connectivity index (χ1) is 16.3. The molecule has 2 heterocycles. The topological polar surface area (TPSA) is 138 Å². The van der Waals surface area contributed by atoms with Gasteiger partial charge in [0.1, 0.15) is 11.6 Å². The molecule has 11 nitrogen and oxygen atoms in total. The first-order valence-electron chi connectivity index (χ1n) is 10.8. The van der Waals surface area contributed by atoms with Crippen LogP contribution in [-0.2, 0) is 15.8 Å². The largest absolute Gasteiger partial charge is 0.370 e. The predicted octanol–water partition coefficient (Wildman–Crippen LogP) is 3.23. The molecule has 0 unspecified atom stereocenters. The van der Waals surface area contributed by atoms with Gasteiger partial charge in [-0.15, -0.1) is 5.10 Å². The van der Waals surface area contributed by atoms with Crippen LogP contribution in [0.1, 0.15) is 25.8 Å². The summed E-state index contributed by atoms with van der Waals surface area (Å²) in [6.07, 6.45) is 0.887. The van der Waals surface area contributed by atoms with Crippen molar-refractivity contribution in [3.63, 3.8) is 0 Å². The summed E-state index contributed by atoms with van der Waals surface area (Å²) in [5.74, 6) is 1.84. The number of thioether (sulfide) groups is 1. The van der Waals surface area contributed by atoms with E-state index in [-0.39, 0.29) is 28.4 Å². The van der Waals surface area contributed by atoms with Crippen LogP contribution in [0.5, 0.6) is 0 Å². The van der Waals surface area contributed by atoms with Crippen molar-refractivity contribution in [3.8, 4) is 0 Å². The van der Waals surface area contributed by atoms with Crippen LogP contribution in [-0.4, -0.2) is 55.5 Å². The Bertz CT molecular complexity index is 1200. The molecule has 0 saturated carbocycles. The van der Waals surface area contributed by atoms with Crippen molar-refractivity contribution in [1.29, 1.82) is 0 Å². The van der Waals surface area contributed by atoms with Gasteiger partial charge in [0.2, 0.25) is 0 Å². The van der Waals surface area contributed by atoms with E-state index in [4.69, 9.17) is 0 Å². The van der Waals surface area contributed by atoms with Crippen LogP contribution in [0.4, 0.5) is 23.3 Å². The molecule has 3 rings (SSSR count). The molecule has 1 atom stereocenters. The minimum absolute atomic E-state index is 0.0274. The highest BCUT2D eigenvalue weighted by atomic mass is 32.2. The lowest BCUT2D eigenvalue weighted by molar-refractivity contribution is 0.601. The van der Waals surface area contributed by atoms with Crippen LogP contribution in [0.3, 0.4) is 0 Å². The van der Waals surface area contributed by atoms with Gasteiger partial charge in [0.25, 0.3) is 10.0 Å². The van der Waals surface area contributed by atoms with E-state index in [1.54, 1.807) is 27.2 Å². The van der Waals surface area contributed by atoms with Crippen LogP contribution in [0.2, 0.25) is 0 Å². The number of aromatic nitrogens is 4. The molecule has 0 amide bonds. The fourth-order valence-corrected chi connectivity index (χ4v) is 5.22. The van der Waals surface area contributed by atoms with Gasteiger partial charge in [-0.05, 0) is 18.9 Å². The second-order valence-corrected chi connectivity index (χ2v) is 9.98. The van der Waals surface area contributed by atoms with E-state index < -0.39 is 10.0 Å². The van der Waals surface area contributed by atoms with Gasteiger partial charge in [0, 0.05) is 39.0 Å². The Hall–Kier alpha value is -3.19. The molecule has 0 saturated heterocycles. The average molecular weight is 506 g/mol. The second-order valence-electron chi connectivity index (χ2n) is 7.42. The number of anilines is 4. The number of nitrogens with zero attached hydrogens (tertiary/aromatic N) is 4. The van der Waals surface area contributed by atoms with Gasteiger partial charge in [-0.2, -0.15) is 4.79 Å².